The van der Waals surface area contributed by atoms with E-state index in [1.54, 1.807) is 0 Å². The first kappa shape index (κ1) is 11.3. The van der Waals surface area contributed by atoms with Gasteiger partial charge in [-0.3, -0.25) is 4.79 Å². The summed E-state index contributed by atoms with van der Waals surface area (Å²) in [6.07, 6.45) is 0.982. The van der Waals surface area contributed by atoms with Gasteiger partial charge < -0.3 is 5.32 Å². The van der Waals surface area contributed by atoms with E-state index >= 15 is 0 Å². The van der Waals surface area contributed by atoms with Crippen LogP contribution in [0.1, 0.15) is 13.3 Å². The summed E-state index contributed by atoms with van der Waals surface area (Å²) < 4.78 is 4.25. The highest BCUT2D eigenvalue weighted by molar-refractivity contribution is 7.10. The third-order valence-corrected chi connectivity index (χ3v) is 3.76. The van der Waals surface area contributed by atoms with Crippen LogP contribution in [0.3, 0.4) is 0 Å². The number of nitrogens with zero attached hydrogens (tertiary/aromatic N) is 2. The van der Waals surface area contributed by atoms with Crippen molar-refractivity contribution in [2.75, 3.05) is 5.32 Å². The topological polar surface area (TPSA) is 54.9 Å². The number of carbonyl (C=O) groups is 1. The average molecular weight is 259 g/mol. The maximum Gasteiger partial charge on any atom is 0.229 e. The van der Waals surface area contributed by atoms with Crippen LogP contribution < -0.4 is 5.32 Å². The molecule has 1 amide bonds. The van der Waals surface area contributed by atoms with Gasteiger partial charge >= 0.3 is 0 Å². The Morgan fingerprint density at radius 1 is 1.39 bits per heavy atom. The van der Waals surface area contributed by atoms with Gasteiger partial charge in [0.05, 0.1) is 0 Å². The first-order chi connectivity index (χ1) is 8.74. The Balaban J connectivity index is 1.72. The first-order valence-electron chi connectivity index (χ1n) is 5.94. The molecular formula is C13H13N3OS. The Morgan fingerprint density at radius 2 is 2.11 bits per heavy atom. The minimum atomic E-state index is 0.0678. The van der Waals surface area contributed by atoms with E-state index in [1.165, 1.54) is 11.5 Å². The molecule has 0 spiro atoms. The Hall–Kier alpha value is -1.75. The van der Waals surface area contributed by atoms with Gasteiger partial charge in [-0.05, 0) is 12.3 Å². The molecule has 1 saturated carbocycles. The molecule has 0 saturated heterocycles. The molecule has 92 valence electrons. The molecule has 4 nitrogen and oxygen atoms in total. The summed E-state index contributed by atoms with van der Waals surface area (Å²) in [5.74, 6) is 1.40. The Kier molecular flexibility index (Phi) is 2.83. The quantitative estimate of drug-likeness (QED) is 0.922. The third-order valence-electron chi connectivity index (χ3n) is 3.13. The van der Waals surface area contributed by atoms with Crippen molar-refractivity contribution in [1.29, 1.82) is 0 Å². The standard InChI is InChI=1S/C13H13N3OS/c1-8-7-10(8)12(17)15-13-14-11(16-18-13)9-5-3-2-4-6-9/h2-6,8,10H,7H2,1H3,(H,14,15,16,17). The van der Waals surface area contributed by atoms with Crippen LogP contribution in [0.5, 0.6) is 0 Å². The van der Waals surface area contributed by atoms with Gasteiger partial charge in [-0.2, -0.15) is 9.36 Å². The number of aromatic nitrogens is 2. The highest BCUT2D eigenvalue weighted by atomic mass is 32.1. The van der Waals surface area contributed by atoms with Crippen LogP contribution in [-0.2, 0) is 4.79 Å². The molecule has 5 heteroatoms. The van der Waals surface area contributed by atoms with Gasteiger partial charge in [0.2, 0.25) is 11.0 Å². The second kappa shape index (κ2) is 4.49. The molecule has 1 N–H and O–H groups in total. The van der Waals surface area contributed by atoms with E-state index in [0.29, 0.717) is 16.9 Å². The van der Waals surface area contributed by atoms with Crippen LogP contribution in [0.2, 0.25) is 0 Å². The lowest BCUT2D eigenvalue weighted by Crippen LogP contribution is -2.14. The molecule has 1 fully saturated rings. The number of carbonyl (C=O) groups excluding carboxylic acids is 1. The SMILES string of the molecule is CC1CC1C(=O)Nc1nc(-c2ccccc2)ns1. The Bertz CT molecular complexity index is 567. The Labute approximate surface area is 109 Å². The number of hydrogen-bond acceptors (Lipinski definition) is 4. The van der Waals surface area contributed by atoms with E-state index in [2.05, 4.69) is 21.6 Å². The number of nitrogens with one attached hydrogen (secondary N) is 1. The second-order valence-electron chi connectivity index (χ2n) is 4.60. The van der Waals surface area contributed by atoms with Crippen LogP contribution >= 0.6 is 11.5 Å². The van der Waals surface area contributed by atoms with Crippen LogP contribution in [0.25, 0.3) is 11.4 Å². The average Bonchev–Trinajstić information content (AvgIpc) is 2.95. The number of hydrogen-bond donors (Lipinski definition) is 1. The monoisotopic (exact) mass is 259 g/mol. The lowest BCUT2D eigenvalue weighted by molar-refractivity contribution is -0.117. The van der Waals surface area contributed by atoms with E-state index < -0.39 is 0 Å². The summed E-state index contributed by atoms with van der Waals surface area (Å²) in [7, 11) is 0. The third kappa shape index (κ3) is 2.26. The van der Waals surface area contributed by atoms with Crippen molar-refractivity contribution in [3.8, 4) is 11.4 Å². The van der Waals surface area contributed by atoms with E-state index in [4.69, 9.17) is 0 Å². The predicted octanol–water partition coefficient (Wildman–Crippen LogP) is 2.80. The maximum atomic E-state index is 11.8. The second-order valence-corrected chi connectivity index (χ2v) is 5.35. The van der Waals surface area contributed by atoms with Gasteiger partial charge in [-0.25, -0.2) is 0 Å². The molecule has 0 bridgehead atoms. The molecule has 18 heavy (non-hydrogen) atoms. The zero-order chi connectivity index (χ0) is 12.5. The molecule has 0 radical (unpaired) electrons. The van der Waals surface area contributed by atoms with Gasteiger partial charge in [0.1, 0.15) is 0 Å². The van der Waals surface area contributed by atoms with Crippen molar-refractivity contribution in [2.24, 2.45) is 11.8 Å². The van der Waals surface area contributed by atoms with E-state index in [1.807, 2.05) is 30.3 Å². The largest absolute Gasteiger partial charge is 0.300 e. The lowest BCUT2D eigenvalue weighted by Gasteiger charge is -1.97. The van der Waals surface area contributed by atoms with E-state index in [-0.39, 0.29) is 11.8 Å². The molecule has 3 rings (SSSR count). The van der Waals surface area contributed by atoms with Crippen molar-refractivity contribution in [1.82, 2.24) is 9.36 Å². The van der Waals surface area contributed by atoms with Crippen molar-refractivity contribution in [3.63, 3.8) is 0 Å². The van der Waals surface area contributed by atoms with Crippen LogP contribution in [0, 0.1) is 11.8 Å². The van der Waals surface area contributed by atoms with Gasteiger partial charge in [0.25, 0.3) is 0 Å². The number of benzene rings is 1. The summed E-state index contributed by atoms with van der Waals surface area (Å²) in [5.41, 5.74) is 0.967. The number of rotatable bonds is 3. The summed E-state index contributed by atoms with van der Waals surface area (Å²) in [4.78, 5) is 16.1. The van der Waals surface area contributed by atoms with Gasteiger partial charge in [0.15, 0.2) is 5.82 Å². The summed E-state index contributed by atoms with van der Waals surface area (Å²) in [6.45, 7) is 2.08. The Morgan fingerprint density at radius 3 is 2.78 bits per heavy atom. The van der Waals surface area contributed by atoms with Gasteiger partial charge in [-0.15, -0.1) is 0 Å². The molecule has 1 aromatic carbocycles. The predicted molar refractivity (Wildman–Crippen MR) is 71.2 cm³/mol. The summed E-state index contributed by atoms with van der Waals surface area (Å²) in [5, 5.41) is 3.41. The van der Waals surface area contributed by atoms with Gasteiger partial charge in [-0.1, -0.05) is 37.3 Å². The molecular weight excluding hydrogens is 246 g/mol. The molecule has 2 atom stereocenters. The maximum absolute atomic E-state index is 11.8. The van der Waals surface area contributed by atoms with Crippen LogP contribution in [-0.4, -0.2) is 15.3 Å². The van der Waals surface area contributed by atoms with Crippen LogP contribution in [0.4, 0.5) is 5.13 Å². The van der Waals surface area contributed by atoms with Crippen LogP contribution in [0.15, 0.2) is 30.3 Å². The number of anilines is 1. The summed E-state index contributed by atoms with van der Waals surface area (Å²) >= 11 is 1.23. The molecule has 1 aliphatic carbocycles. The fraction of sp³-hybridized carbons (Fsp3) is 0.308. The summed E-state index contributed by atoms with van der Waals surface area (Å²) in [6, 6.07) is 9.75. The first-order valence-corrected chi connectivity index (χ1v) is 6.71. The van der Waals surface area contributed by atoms with E-state index in [9.17, 15) is 4.79 Å². The molecule has 0 aliphatic heterocycles. The van der Waals surface area contributed by atoms with Crippen molar-refractivity contribution in [2.45, 2.75) is 13.3 Å². The molecule has 2 unspecified atom stereocenters. The fourth-order valence-electron chi connectivity index (χ4n) is 1.86. The van der Waals surface area contributed by atoms with Crippen molar-refractivity contribution >= 4 is 22.6 Å². The molecule has 1 aliphatic rings. The highest BCUT2D eigenvalue weighted by Crippen LogP contribution is 2.38. The van der Waals surface area contributed by atoms with Gasteiger partial charge in [0, 0.05) is 23.0 Å². The normalized spacial score (nSPS) is 21.6. The zero-order valence-electron chi connectivity index (χ0n) is 9.96. The van der Waals surface area contributed by atoms with E-state index in [0.717, 1.165) is 12.0 Å². The lowest BCUT2D eigenvalue weighted by atomic mass is 10.2. The fourth-order valence-corrected chi connectivity index (χ4v) is 2.46. The highest BCUT2D eigenvalue weighted by Gasteiger charge is 2.39. The molecule has 2 aromatic rings. The number of amides is 1. The molecule has 1 aromatic heterocycles. The minimum Gasteiger partial charge on any atom is -0.300 e. The van der Waals surface area contributed by atoms with Crippen molar-refractivity contribution < 1.29 is 4.79 Å². The van der Waals surface area contributed by atoms with Crippen molar-refractivity contribution in [3.05, 3.63) is 30.3 Å². The molecule has 1 heterocycles. The zero-order valence-corrected chi connectivity index (χ0v) is 10.8. The smallest absolute Gasteiger partial charge is 0.229 e. The minimum absolute atomic E-state index is 0.0678.